The lowest BCUT2D eigenvalue weighted by molar-refractivity contribution is -0.151. The average molecular weight is 747 g/mol. The van der Waals surface area contributed by atoms with Crippen LogP contribution in [-0.2, 0) is 49.0 Å². The average Bonchev–Trinajstić information content (AvgIpc) is 3.53. The van der Waals surface area contributed by atoms with Crippen LogP contribution >= 0.6 is 0 Å². The number of carbonyl (C=O) groups is 4. The highest BCUT2D eigenvalue weighted by atomic mass is 28.4. The molecule has 1 fully saturated rings. The third kappa shape index (κ3) is 7.25. The lowest BCUT2D eigenvalue weighted by atomic mass is 9.82. The lowest BCUT2D eigenvalue weighted by Crippen LogP contribution is -2.48. The molecular weight excluding hydrogens is 700 g/mol. The molecule has 0 bridgehead atoms. The topological polar surface area (TPSA) is 169 Å². The van der Waals surface area contributed by atoms with E-state index in [1.165, 1.54) is 18.7 Å². The molecule has 0 radical (unpaired) electrons. The second kappa shape index (κ2) is 14.7. The predicted molar refractivity (Wildman–Crippen MR) is 199 cm³/mol. The molecule has 1 spiro atoms. The largest absolute Gasteiger partial charge is 0.394 e. The van der Waals surface area contributed by atoms with E-state index >= 15 is 4.11 Å². The third-order valence-corrected chi connectivity index (χ3v) is 13.2. The molecule has 0 saturated carbocycles. The highest BCUT2D eigenvalue weighted by Crippen LogP contribution is 2.60. The van der Waals surface area contributed by atoms with Gasteiger partial charge in [-0.1, -0.05) is 43.3 Å². The Morgan fingerprint density at radius 1 is 0.962 bits per heavy atom. The smallest absolute Gasteiger partial charge is 0.264 e. The van der Waals surface area contributed by atoms with Gasteiger partial charge < -0.3 is 44.6 Å². The molecule has 7 atom stereocenters. The van der Waals surface area contributed by atoms with Crippen LogP contribution in [0.1, 0.15) is 49.4 Å². The number of benzene rings is 3. The molecule has 282 valence electrons. The Morgan fingerprint density at radius 2 is 1.60 bits per heavy atom. The van der Waals surface area contributed by atoms with Crippen molar-refractivity contribution in [1.29, 1.82) is 0 Å². The fraction of sp³-hybridized carbons (Fsp3) is 0.436. The summed E-state index contributed by atoms with van der Waals surface area (Å²) in [6.45, 7) is 7.63. The van der Waals surface area contributed by atoms with Crippen LogP contribution in [-0.4, -0.2) is 83.2 Å². The van der Waals surface area contributed by atoms with Crippen molar-refractivity contribution in [2.45, 2.75) is 95.3 Å². The van der Waals surface area contributed by atoms with Gasteiger partial charge in [-0.15, -0.1) is 0 Å². The first-order valence-electron chi connectivity index (χ1n) is 17.9. The molecule has 3 aliphatic heterocycles. The number of fused-ring (bicyclic) bond motifs is 3. The number of aliphatic hydroxyl groups is 3. The Labute approximate surface area is 309 Å². The fourth-order valence-electron chi connectivity index (χ4n) is 8.24. The van der Waals surface area contributed by atoms with Crippen molar-refractivity contribution in [1.82, 2.24) is 4.90 Å². The minimum atomic E-state index is -3.66. The zero-order chi connectivity index (χ0) is 38.4. The van der Waals surface area contributed by atoms with Crippen molar-refractivity contribution in [3.8, 4) is 0 Å². The second-order valence-electron chi connectivity index (χ2n) is 15.0. The summed E-state index contributed by atoms with van der Waals surface area (Å²) in [6, 6.07) is 19.0. The molecule has 4 amide bonds. The van der Waals surface area contributed by atoms with Gasteiger partial charge in [0.1, 0.15) is 12.2 Å². The highest BCUT2D eigenvalue weighted by molar-refractivity contribution is 6.72. The fourth-order valence-corrected chi connectivity index (χ4v) is 10.7. The number of ether oxygens (including phenoxy) is 1. The van der Waals surface area contributed by atoms with E-state index in [4.69, 9.17) is 4.74 Å². The van der Waals surface area contributed by atoms with Gasteiger partial charge >= 0.3 is 0 Å². The van der Waals surface area contributed by atoms with Gasteiger partial charge in [-0.25, -0.2) is 0 Å². The summed E-state index contributed by atoms with van der Waals surface area (Å²) in [5.41, 5.74) is 1.73. The molecule has 3 heterocycles. The van der Waals surface area contributed by atoms with E-state index < -0.39 is 67.5 Å². The monoisotopic (exact) mass is 746 g/mol. The van der Waals surface area contributed by atoms with E-state index in [9.17, 15) is 34.5 Å². The molecule has 3 aliphatic rings. The van der Waals surface area contributed by atoms with E-state index in [1.54, 1.807) is 67.4 Å². The molecule has 12 nitrogen and oxygen atoms in total. The lowest BCUT2D eigenvalue weighted by Gasteiger charge is -2.37. The number of nitrogens with zero attached hydrogens (tertiary/aromatic N) is 2. The maximum atomic E-state index is 16.6. The number of hydrogen-bond acceptors (Lipinski definition) is 8. The normalized spacial score (nSPS) is 24.8. The quantitative estimate of drug-likeness (QED) is 0.153. The van der Waals surface area contributed by atoms with Crippen molar-refractivity contribution in [2.75, 3.05) is 22.1 Å². The number of hydrogen-bond donors (Lipinski definition) is 5. The van der Waals surface area contributed by atoms with Crippen LogP contribution in [0.5, 0.6) is 0 Å². The molecule has 0 aromatic heterocycles. The molecule has 6 rings (SSSR count). The zero-order valence-electron chi connectivity index (χ0n) is 30.5. The van der Waals surface area contributed by atoms with Crippen LogP contribution in [0.25, 0.3) is 0 Å². The summed E-state index contributed by atoms with van der Waals surface area (Å²) in [6.07, 6.45) is -3.25. The molecule has 3 aromatic carbocycles. The van der Waals surface area contributed by atoms with E-state index in [-0.39, 0.29) is 32.0 Å². The van der Waals surface area contributed by atoms with Gasteiger partial charge in [-0.2, -0.15) is 0 Å². The van der Waals surface area contributed by atoms with Gasteiger partial charge in [0.05, 0.1) is 37.4 Å². The molecular formula is C39H47FN4O8Si. The molecule has 14 heteroatoms. The molecule has 3 aromatic rings. The third-order valence-electron chi connectivity index (χ3n) is 10.8. The van der Waals surface area contributed by atoms with Gasteiger partial charge in [0.25, 0.3) is 17.7 Å². The number of halogens is 1. The van der Waals surface area contributed by atoms with E-state index in [0.29, 0.717) is 34.6 Å². The number of aliphatic hydroxyl groups excluding tert-OH is 3. The SMILES string of the molecule is C[C@H](O)C(=O)Nc1cccc(CN2C(=O)[C@@]3(O[C@@H](CC(=O)N4Cc5ccccc5C[C@H]4CO)[C@H]([Si](C)(C)F)[C@H]3C)c3cc(NC(=O)[C@H](C)O)ccc32)c1. The summed E-state index contributed by atoms with van der Waals surface area (Å²) in [7, 11) is -3.66. The first-order valence-corrected chi connectivity index (χ1v) is 20.9. The Balaban J connectivity index is 1.38. The first-order chi connectivity index (χ1) is 25.0. The molecule has 1 saturated heterocycles. The Kier molecular flexibility index (Phi) is 10.6. The number of anilines is 3. The Hall–Kier alpha value is -4.47. The minimum Gasteiger partial charge on any atom is -0.394 e. The predicted octanol–water partition coefficient (Wildman–Crippen LogP) is 3.98. The summed E-state index contributed by atoms with van der Waals surface area (Å²) in [5.74, 6) is -2.76. The minimum absolute atomic E-state index is 0.0392. The number of amides is 4. The number of carbonyl (C=O) groups excluding carboxylic acids is 4. The number of rotatable bonds is 10. The van der Waals surface area contributed by atoms with Crippen LogP contribution in [0.2, 0.25) is 18.6 Å². The number of nitrogens with one attached hydrogen (secondary N) is 2. The Bertz CT molecular complexity index is 1920. The van der Waals surface area contributed by atoms with Crippen molar-refractivity contribution < 1.29 is 43.3 Å². The van der Waals surface area contributed by atoms with Crippen LogP contribution < -0.4 is 15.5 Å². The highest BCUT2D eigenvalue weighted by Gasteiger charge is 2.67. The summed E-state index contributed by atoms with van der Waals surface area (Å²) >= 11 is 0. The van der Waals surface area contributed by atoms with Crippen LogP contribution in [0.15, 0.2) is 66.7 Å². The van der Waals surface area contributed by atoms with Crippen LogP contribution in [0.3, 0.4) is 0 Å². The van der Waals surface area contributed by atoms with Crippen molar-refractivity contribution >= 4 is 49.1 Å². The first kappa shape index (κ1) is 38.3. The maximum Gasteiger partial charge on any atom is 0.264 e. The van der Waals surface area contributed by atoms with Gasteiger partial charge in [0.2, 0.25) is 14.3 Å². The van der Waals surface area contributed by atoms with Crippen LogP contribution in [0.4, 0.5) is 21.2 Å². The summed E-state index contributed by atoms with van der Waals surface area (Å²) in [4.78, 5) is 57.0. The molecule has 0 aliphatic carbocycles. The van der Waals surface area contributed by atoms with Crippen LogP contribution in [0, 0.1) is 5.92 Å². The van der Waals surface area contributed by atoms with Gasteiger partial charge in [-0.3, -0.25) is 19.2 Å². The maximum absolute atomic E-state index is 16.6. The van der Waals surface area contributed by atoms with Gasteiger partial charge in [0, 0.05) is 34.9 Å². The Morgan fingerprint density at radius 3 is 2.23 bits per heavy atom. The molecule has 5 N–H and O–H groups in total. The van der Waals surface area contributed by atoms with Crippen molar-refractivity contribution in [3.63, 3.8) is 0 Å². The zero-order valence-corrected chi connectivity index (χ0v) is 31.5. The van der Waals surface area contributed by atoms with Gasteiger partial charge in [0.15, 0.2) is 5.60 Å². The van der Waals surface area contributed by atoms with E-state index in [2.05, 4.69) is 10.6 Å². The van der Waals surface area contributed by atoms with E-state index in [0.717, 1.165) is 11.1 Å². The second-order valence-corrected chi connectivity index (χ2v) is 18.8. The summed E-state index contributed by atoms with van der Waals surface area (Å²) in [5, 5.41) is 35.2. The van der Waals surface area contributed by atoms with Gasteiger partial charge in [-0.05, 0) is 80.4 Å². The standard InChI is InChI=1S/C39H47FN4O8Si/c1-22-35(53(4,5)40)33(18-34(48)43-20-27-11-7-6-10-26(27)16-30(43)21-45)52-39(22)31-17-29(42-37(50)24(3)47)13-14-32(31)44(38(39)51)19-25-9-8-12-28(15-25)41-36(49)23(2)46/h6-15,17,22-24,30,33,35,45-47H,16,18-21H2,1-5H3,(H,41,49)(H,42,50)/t22-,23+,24+,30+,33+,35-,39+/m1/s1. The molecule has 53 heavy (non-hydrogen) atoms. The van der Waals surface area contributed by atoms with E-state index in [1.807, 2.05) is 24.3 Å². The molecule has 0 unspecified atom stereocenters. The van der Waals surface area contributed by atoms with Crippen molar-refractivity contribution in [3.05, 3.63) is 89.0 Å². The van der Waals surface area contributed by atoms with Crippen molar-refractivity contribution in [2.24, 2.45) is 5.92 Å². The summed E-state index contributed by atoms with van der Waals surface area (Å²) < 4.78 is 23.4.